The van der Waals surface area contributed by atoms with E-state index >= 15 is 0 Å². The normalized spacial score (nSPS) is 11.7. The van der Waals surface area contributed by atoms with Gasteiger partial charge in [0.25, 0.3) is 0 Å². The van der Waals surface area contributed by atoms with Crippen LogP contribution in [0.4, 0.5) is 8.78 Å². The van der Waals surface area contributed by atoms with Crippen LogP contribution in [-0.2, 0) is 13.2 Å². The van der Waals surface area contributed by atoms with Crippen molar-refractivity contribution in [3.8, 4) is 11.1 Å². The summed E-state index contributed by atoms with van der Waals surface area (Å²) in [5, 5.41) is 11.4. The van der Waals surface area contributed by atoms with E-state index in [1.807, 2.05) is 53.4 Å². The molecule has 2 aromatic heterocycles. The number of rotatable bonds is 6. The van der Waals surface area contributed by atoms with Crippen molar-refractivity contribution >= 4 is 39.0 Å². The summed E-state index contributed by atoms with van der Waals surface area (Å²) in [4.78, 5) is 3.48. The van der Waals surface area contributed by atoms with Crippen LogP contribution in [0, 0.1) is 0 Å². The van der Waals surface area contributed by atoms with Crippen LogP contribution < -0.4 is 5.73 Å². The Hall–Kier alpha value is -2.77. The van der Waals surface area contributed by atoms with E-state index < -0.39 is 6.43 Å². The molecule has 0 atom stereocenters. The molecule has 0 spiro atoms. The number of thiocarbonyl (C=S) groups is 1. The van der Waals surface area contributed by atoms with Crippen LogP contribution in [0.15, 0.2) is 48.8 Å². The van der Waals surface area contributed by atoms with Gasteiger partial charge in [0.05, 0.1) is 6.61 Å². The Kier molecular flexibility index (Phi) is 4.87. The topological polar surface area (TPSA) is 67.0 Å². The zero-order chi connectivity index (χ0) is 19.8. The van der Waals surface area contributed by atoms with Gasteiger partial charge in [-0.05, 0) is 35.4 Å². The van der Waals surface area contributed by atoms with E-state index in [1.54, 1.807) is 0 Å². The fraction of sp³-hybridized carbons (Fsp3) is 0.190. The van der Waals surface area contributed by atoms with Crippen molar-refractivity contribution in [2.45, 2.75) is 26.0 Å². The number of aryl methyl sites for hydroxylation is 1. The van der Waals surface area contributed by atoms with E-state index in [-0.39, 0.29) is 19.6 Å². The first-order valence-electron chi connectivity index (χ1n) is 8.90. The zero-order valence-electron chi connectivity index (χ0n) is 15.0. The summed E-state index contributed by atoms with van der Waals surface area (Å²) in [6, 6.07) is 11.4. The van der Waals surface area contributed by atoms with Crippen molar-refractivity contribution in [2.24, 2.45) is 5.73 Å². The largest absolute Gasteiger partial charge is 0.392 e. The predicted octanol–water partition coefficient (Wildman–Crippen LogP) is 4.57. The van der Waals surface area contributed by atoms with Crippen LogP contribution in [0.5, 0.6) is 0 Å². The second kappa shape index (κ2) is 7.33. The number of nitrogens with zero attached hydrogens (tertiary/aromatic N) is 1. The van der Waals surface area contributed by atoms with E-state index in [0.29, 0.717) is 4.99 Å². The van der Waals surface area contributed by atoms with Crippen molar-refractivity contribution in [1.82, 2.24) is 9.55 Å². The number of aliphatic hydroxyl groups is 1. The SMILES string of the molecule is NC(=S)c1cc(-c2cn(CCC(F)F)c3cc(CO)ccc23)c2cc[nH]c2c1. The summed E-state index contributed by atoms with van der Waals surface area (Å²) < 4.78 is 27.5. The molecular weight excluding hydrogens is 380 g/mol. The molecular formula is C21H19F2N3OS. The molecule has 0 fully saturated rings. The molecule has 144 valence electrons. The number of nitrogens with two attached hydrogens (primary N) is 1. The Morgan fingerprint density at radius 1 is 1.14 bits per heavy atom. The van der Waals surface area contributed by atoms with Crippen molar-refractivity contribution < 1.29 is 13.9 Å². The number of hydrogen-bond acceptors (Lipinski definition) is 2. The quantitative estimate of drug-likeness (QED) is 0.416. The maximum absolute atomic E-state index is 12.8. The highest BCUT2D eigenvalue weighted by Crippen LogP contribution is 2.36. The standard InChI is InChI=1S/C21H19F2N3OS/c22-20(23)4-6-26-10-17(15-2-1-12(11-27)7-19(15)26)16-8-13(21(24)28)9-18-14(16)3-5-25-18/h1-3,5,7-10,20,25,27H,4,6,11H2,(H2,24,28). The number of halogens is 2. The smallest absolute Gasteiger partial charge is 0.240 e. The van der Waals surface area contributed by atoms with Crippen LogP contribution in [0.2, 0.25) is 0 Å². The molecule has 4 rings (SSSR count). The maximum Gasteiger partial charge on any atom is 0.240 e. The van der Waals surface area contributed by atoms with E-state index in [9.17, 15) is 13.9 Å². The molecule has 4 aromatic rings. The van der Waals surface area contributed by atoms with Gasteiger partial charge in [-0.2, -0.15) is 0 Å². The van der Waals surface area contributed by atoms with Gasteiger partial charge in [0.15, 0.2) is 0 Å². The number of nitrogens with one attached hydrogen (secondary N) is 1. The molecule has 0 radical (unpaired) electrons. The van der Waals surface area contributed by atoms with Gasteiger partial charge in [-0.3, -0.25) is 0 Å². The van der Waals surface area contributed by atoms with Crippen LogP contribution in [-0.4, -0.2) is 26.1 Å². The van der Waals surface area contributed by atoms with E-state index in [2.05, 4.69) is 4.98 Å². The third-order valence-electron chi connectivity index (χ3n) is 4.96. The lowest BCUT2D eigenvalue weighted by Crippen LogP contribution is -2.09. The first-order chi connectivity index (χ1) is 13.5. The third-order valence-corrected chi connectivity index (χ3v) is 5.20. The summed E-state index contributed by atoms with van der Waals surface area (Å²) in [6.07, 6.45) is 1.12. The molecule has 0 amide bonds. The number of benzene rings is 2. The number of hydrogen-bond donors (Lipinski definition) is 3. The minimum atomic E-state index is -2.38. The Labute approximate surface area is 165 Å². The van der Waals surface area contributed by atoms with Crippen molar-refractivity contribution in [2.75, 3.05) is 0 Å². The monoisotopic (exact) mass is 399 g/mol. The highest BCUT2D eigenvalue weighted by atomic mass is 32.1. The van der Waals surface area contributed by atoms with Gasteiger partial charge in [-0.15, -0.1) is 0 Å². The maximum atomic E-state index is 12.8. The van der Waals surface area contributed by atoms with Crippen LogP contribution in [0.25, 0.3) is 32.9 Å². The van der Waals surface area contributed by atoms with Crippen molar-refractivity contribution in [3.63, 3.8) is 0 Å². The van der Waals surface area contributed by atoms with Gasteiger partial charge < -0.3 is 20.4 Å². The molecule has 0 unspecified atom stereocenters. The highest BCUT2D eigenvalue weighted by Gasteiger charge is 2.16. The van der Waals surface area contributed by atoms with Gasteiger partial charge >= 0.3 is 0 Å². The predicted molar refractivity (Wildman–Crippen MR) is 112 cm³/mol. The number of alkyl halides is 2. The lowest BCUT2D eigenvalue weighted by molar-refractivity contribution is 0.132. The number of aliphatic hydroxyl groups excluding tert-OH is 1. The molecule has 0 aliphatic heterocycles. The lowest BCUT2D eigenvalue weighted by Gasteiger charge is -2.07. The summed E-state index contributed by atoms with van der Waals surface area (Å²) in [5.41, 5.74) is 10.9. The minimum absolute atomic E-state index is 0.107. The fourth-order valence-electron chi connectivity index (χ4n) is 3.60. The molecule has 0 bridgehead atoms. The average molecular weight is 399 g/mol. The average Bonchev–Trinajstić information content (AvgIpc) is 3.29. The lowest BCUT2D eigenvalue weighted by atomic mass is 9.98. The number of H-pyrrole nitrogens is 1. The number of aromatic nitrogens is 2. The van der Waals surface area contributed by atoms with E-state index in [4.69, 9.17) is 18.0 Å². The Bertz CT molecular complexity index is 1180. The number of aromatic amines is 1. The minimum Gasteiger partial charge on any atom is -0.392 e. The van der Waals surface area contributed by atoms with Gasteiger partial charge in [0, 0.05) is 58.3 Å². The molecule has 28 heavy (non-hydrogen) atoms. The summed E-state index contributed by atoms with van der Waals surface area (Å²) >= 11 is 5.16. The van der Waals surface area contributed by atoms with Crippen molar-refractivity contribution in [1.29, 1.82) is 0 Å². The van der Waals surface area contributed by atoms with E-state index in [1.165, 1.54) is 0 Å². The van der Waals surface area contributed by atoms with Crippen LogP contribution in [0.1, 0.15) is 17.5 Å². The molecule has 2 heterocycles. The molecule has 4 N–H and O–H groups in total. The van der Waals surface area contributed by atoms with E-state index in [0.717, 1.165) is 44.1 Å². The zero-order valence-corrected chi connectivity index (χ0v) is 15.8. The van der Waals surface area contributed by atoms with Gasteiger partial charge in [0.1, 0.15) is 4.99 Å². The molecule has 0 aliphatic carbocycles. The Morgan fingerprint density at radius 2 is 1.96 bits per heavy atom. The van der Waals surface area contributed by atoms with Crippen LogP contribution in [0.3, 0.4) is 0 Å². The third kappa shape index (κ3) is 3.27. The van der Waals surface area contributed by atoms with Crippen molar-refractivity contribution in [3.05, 3.63) is 59.9 Å². The Morgan fingerprint density at radius 3 is 2.68 bits per heavy atom. The van der Waals surface area contributed by atoms with Gasteiger partial charge in [-0.1, -0.05) is 24.4 Å². The summed E-state index contributed by atoms with van der Waals surface area (Å²) in [7, 11) is 0. The second-order valence-electron chi connectivity index (χ2n) is 6.75. The molecule has 4 nitrogen and oxygen atoms in total. The fourth-order valence-corrected chi connectivity index (χ4v) is 3.72. The summed E-state index contributed by atoms with van der Waals surface area (Å²) in [6.45, 7) is 0.0819. The molecule has 7 heteroatoms. The molecule has 0 saturated heterocycles. The second-order valence-corrected chi connectivity index (χ2v) is 7.19. The first kappa shape index (κ1) is 18.6. The number of fused-ring (bicyclic) bond motifs is 2. The first-order valence-corrected chi connectivity index (χ1v) is 9.31. The molecule has 0 aliphatic rings. The summed E-state index contributed by atoms with van der Waals surface area (Å²) in [5.74, 6) is 0. The van der Waals surface area contributed by atoms with Crippen LogP contribution >= 0.6 is 12.2 Å². The molecule has 0 saturated carbocycles. The van der Waals surface area contributed by atoms with Gasteiger partial charge in [-0.25, -0.2) is 8.78 Å². The van der Waals surface area contributed by atoms with Gasteiger partial charge in [0.2, 0.25) is 6.43 Å². The molecule has 2 aromatic carbocycles. The highest BCUT2D eigenvalue weighted by molar-refractivity contribution is 7.80. The Balaban J connectivity index is 1.97.